The Hall–Kier alpha value is -1.24. The molecule has 1 amide bonds. The lowest BCUT2D eigenvalue weighted by molar-refractivity contribution is 0.0781. The first-order valence-corrected chi connectivity index (χ1v) is 8.95. The molecule has 0 spiro atoms. The number of pyridine rings is 1. The molecule has 27 heavy (non-hydrogen) atoms. The van der Waals surface area contributed by atoms with E-state index in [2.05, 4.69) is 10.3 Å². The summed E-state index contributed by atoms with van der Waals surface area (Å²) >= 11 is 12.1. The van der Waals surface area contributed by atoms with Crippen LogP contribution in [0.3, 0.4) is 0 Å². The van der Waals surface area contributed by atoms with Crippen LogP contribution >= 0.6 is 48.0 Å². The molecular formula is C18H19Cl4N3O2. The van der Waals surface area contributed by atoms with E-state index in [4.69, 9.17) is 27.9 Å². The molecule has 5 nitrogen and oxygen atoms in total. The van der Waals surface area contributed by atoms with Gasteiger partial charge in [-0.15, -0.1) is 24.8 Å². The Bertz CT molecular complexity index is 792. The zero-order valence-corrected chi connectivity index (χ0v) is 17.4. The zero-order valence-electron chi connectivity index (χ0n) is 14.2. The fraction of sp³-hybridized carbons (Fsp3) is 0.333. The molecule has 0 unspecified atom stereocenters. The van der Waals surface area contributed by atoms with E-state index in [1.54, 1.807) is 36.5 Å². The highest BCUT2D eigenvalue weighted by atomic mass is 35.5. The maximum Gasteiger partial charge on any atom is 0.255 e. The summed E-state index contributed by atoms with van der Waals surface area (Å²) in [6.07, 6.45) is 1.54. The van der Waals surface area contributed by atoms with Crippen molar-refractivity contribution in [2.24, 2.45) is 11.8 Å². The monoisotopic (exact) mass is 449 g/mol. The van der Waals surface area contributed by atoms with Crippen molar-refractivity contribution < 1.29 is 9.53 Å². The highest BCUT2D eigenvalue weighted by Gasteiger charge is 2.38. The summed E-state index contributed by atoms with van der Waals surface area (Å²) in [5, 5.41) is 4.13. The molecule has 0 aliphatic carbocycles. The summed E-state index contributed by atoms with van der Waals surface area (Å²) in [5.74, 6) is 1.96. The van der Waals surface area contributed by atoms with E-state index < -0.39 is 0 Å². The Kier molecular flexibility index (Phi) is 7.60. The predicted octanol–water partition coefficient (Wildman–Crippen LogP) is 4.32. The van der Waals surface area contributed by atoms with Crippen LogP contribution in [0.15, 0.2) is 36.5 Å². The van der Waals surface area contributed by atoms with Crippen molar-refractivity contribution in [2.75, 3.05) is 26.2 Å². The van der Waals surface area contributed by atoms with Crippen LogP contribution in [0.2, 0.25) is 10.0 Å². The normalized spacial score (nSPS) is 20.4. The standard InChI is InChI=1S/C18H17Cl2N3O2.2ClH/c19-14-2-1-3-15(17(14)20)25-16-5-4-11(8-22-16)18(24)23-9-12-6-21-7-13(12)10-23;;/h1-5,8,12-13,21H,6-7,9-10H2;2*1H/t12-,13+;;. The first-order valence-electron chi connectivity index (χ1n) is 8.20. The number of nitrogens with one attached hydrogen (secondary N) is 1. The minimum absolute atomic E-state index is 0. The number of rotatable bonds is 3. The van der Waals surface area contributed by atoms with Gasteiger partial charge in [0.2, 0.25) is 5.88 Å². The molecule has 2 saturated heterocycles. The number of amides is 1. The van der Waals surface area contributed by atoms with E-state index in [-0.39, 0.29) is 30.7 Å². The number of fused-ring (bicyclic) bond motifs is 1. The lowest BCUT2D eigenvalue weighted by Gasteiger charge is -2.17. The highest BCUT2D eigenvalue weighted by molar-refractivity contribution is 6.42. The molecule has 0 radical (unpaired) electrons. The number of hydrogen-bond donors (Lipinski definition) is 1. The third-order valence-electron chi connectivity index (χ3n) is 4.79. The number of carbonyl (C=O) groups is 1. The number of halogens is 4. The zero-order chi connectivity index (χ0) is 17.4. The second-order valence-corrected chi connectivity index (χ2v) is 7.21. The summed E-state index contributed by atoms with van der Waals surface area (Å²) in [6, 6.07) is 8.55. The Morgan fingerprint density at radius 3 is 2.44 bits per heavy atom. The number of nitrogens with zero attached hydrogens (tertiary/aromatic N) is 2. The number of hydrogen-bond acceptors (Lipinski definition) is 4. The number of aromatic nitrogens is 1. The van der Waals surface area contributed by atoms with Crippen molar-refractivity contribution in [3.05, 3.63) is 52.1 Å². The van der Waals surface area contributed by atoms with Crippen LogP contribution in [0.25, 0.3) is 0 Å². The summed E-state index contributed by atoms with van der Waals surface area (Å²) in [6.45, 7) is 3.62. The van der Waals surface area contributed by atoms with Crippen molar-refractivity contribution in [3.63, 3.8) is 0 Å². The van der Waals surface area contributed by atoms with E-state index in [0.29, 0.717) is 39.1 Å². The van der Waals surface area contributed by atoms with Gasteiger partial charge in [-0.3, -0.25) is 4.79 Å². The van der Waals surface area contributed by atoms with Crippen LogP contribution in [0, 0.1) is 11.8 Å². The minimum Gasteiger partial charge on any atom is -0.437 e. The fourth-order valence-electron chi connectivity index (χ4n) is 3.45. The van der Waals surface area contributed by atoms with Gasteiger partial charge in [0.05, 0.1) is 10.6 Å². The van der Waals surface area contributed by atoms with Crippen LogP contribution in [-0.4, -0.2) is 42.0 Å². The van der Waals surface area contributed by atoms with E-state index in [1.807, 2.05) is 4.90 Å². The molecule has 9 heteroatoms. The van der Waals surface area contributed by atoms with Crippen molar-refractivity contribution in [2.45, 2.75) is 0 Å². The molecule has 1 N–H and O–H groups in total. The quantitative estimate of drug-likeness (QED) is 0.756. The van der Waals surface area contributed by atoms with Crippen LogP contribution in [-0.2, 0) is 0 Å². The summed E-state index contributed by atoms with van der Waals surface area (Å²) in [7, 11) is 0. The molecule has 2 fully saturated rings. The Morgan fingerprint density at radius 2 is 1.81 bits per heavy atom. The molecule has 0 saturated carbocycles. The number of likely N-dealkylation sites (tertiary alicyclic amines) is 1. The summed E-state index contributed by atoms with van der Waals surface area (Å²) in [4.78, 5) is 18.8. The van der Waals surface area contributed by atoms with Gasteiger partial charge >= 0.3 is 0 Å². The predicted molar refractivity (Wildman–Crippen MR) is 111 cm³/mol. The van der Waals surface area contributed by atoms with E-state index in [0.717, 1.165) is 26.2 Å². The van der Waals surface area contributed by atoms with Gasteiger partial charge in [0, 0.05) is 38.4 Å². The molecule has 146 valence electrons. The molecule has 4 rings (SSSR count). The van der Waals surface area contributed by atoms with Crippen molar-refractivity contribution in [1.82, 2.24) is 15.2 Å². The highest BCUT2D eigenvalue weighted by Crippen LogP contribution is 2.34. The number of carbonyl (C=O) groups excluding carboxylic acids is 1. The van der Waals surface area contributed by atoms with Gasteiger partial charge in [-0.25, -0.2) is 4.98 Å². The average molecular weight is 451 g/mol. The number of ether oxygens (including phenoxy) is 1. The maximum absolute atomic E-state index is 12.6. The smallest absolute Gasteiger partial charge is 0.255 e. The lowest BCUT2D eigenvalue weighted by atomic mass is 10.0. The Labute approximate surface area is 180 Å². The van der Waals surface area contributed by atoms with Gasteiger partial charge in [0.25, 0.3) is 5.91 Å². The SMILES string of the molecule is Cl.Cl.O=C(c1ccc(Oc2cccc(Cl)c2Cl)nc1)N1C[C@H]2CNC[C@H]2C1. The third kappa shape index (κ3) is 4.61. The van der Waals surface area contributed by atoms with Crippen LogP contribution in [0.1, 0.15) is 10.4 Å². The van der Waals surface area contributed by atoms with Gasteiger partial charge in [-0.05, 0) is 30.0 Å². The van der Waals surface area contributed by atoms with Crippen molar-refractivity contribution >= 4 is 53.9 Å². The van der Waals surface area contributed by atoms with Crippen molar-refractivity contribution in [1.29, 1.82) is 0 Å². The molecule has 0 bridgehead atoms. The van der Waals surface area contributed by atoms with Crippen LogP contribution in [0.4, 0.5) is 0 Å². The Balaban J connectivity index is 0.00000131. The molecule has 2 aliphatic heterocycles. The Morgan fingerprint density at radius 1 is 1.11 bits per heavy atom. The molecule has 1 aromatic carbocycles. The van der Waals surface area contributed by atoms with Crippen molar-refractivity contribution in [3.8, 4) is 11.6 Å². The van der Waals surface area contributed by atoms with E-state index >= 15 is 0 Å². The van der Waals surface area contributed by atoms with E-state index in [9.17, 15) is 4.79 Å². The van der Waals surface area contributed by atoms with Gasteiger partial charge < -0.3 is 15.0 Å². The second-order valence-electron chi connectivity index (χ2n) is 6.43. The maximum atomic E-state index is 12.6. The van der Waals surface area contributed by atoms with Gasteiger partial charge in [0.15, 0.2) is 0 Å². The average Bonchev–Trinajstić information content (AvgIpc) is 3.21. The van der Waals surface area contributed by atoms with Gasteiger partial charge in [-0.2, -0.15) is 0 Å². The third-order valence-corrected chi connectivity index (χ3v) is 5.59. The molecule has 2 aliphatic rings. The topological polar surface area (TPSA) is 54.5 Å². The number of benzene rings is 1. The molecule has 3 heterocycles. The van der Waals surface area contributed by atoms with Crippen LogP contribution < -0.4 is 10.1 Å². The molecule has 1 aromatic heterocycles. The van der Waals surface area contributed by atoms with Gasteiger partial charge in [0.1, 0.15) is 10.8 Å². The fourth-order valence-corrected chi connectivity index (χ4v) is 3.78. The van der Waals surface area contributed by atoms with Gasteiger partial charge in [-0.1, -0.05) is 29.3 Å². The summed E-state index contributed by atoms with van der Waals surface area (Å²) < 4.78 is 5.65. The van der Waals surface area contributed by atoms with Crippen LogP contribution in [0.5, 0.6) is 11.6 Å². The first kappa shape index (κ1) is 22.1. The van der Waals surface area contributed by atoms with E-state index in [1.165, 1.54) is 0 Å². The molecule has 2 aromatic rings. The largest absolute Gasteiger partial charge is 0.437 e. The molecular weight excluding hydrogens is 432 g/mol. The molecule has 2 atom stereocenters. The minimum atomic E-state index is 0. The second kappa shape index (κ2) is 9.30. The lowest BCUT2D eigenvalue weighted by Crippen LogP contribution is -2.31. The summed E-state index contributed by atoms with van der Waals surface area (Å²) in [5.41, 5.74) is 0.567. The first-order chi connectivity index (χ1) is 12.1.